The molecule has 208 valence electrons. The third kappa shape index (κ3) is 5.20. The molecule has 2 aliphatic heterocycles. The zero-order valence-corrected chi connectivity index (χ0v) is 21.0. The van der Waals surface area contributed by atoms with Crippen LogP contribution in [0, 0.1) is 0 Å². The summed E-state index contributed by atoms with van der Waals surface area (Å²) in [6, 6.07) is 1.13. The van der Waals surface area contributed by atoms with Gasteiger partial charge in [-0.05, 0) is 19.9 Å². The Balaban J connectivity index is 1.61. The molecule has 38 heavy (non-hydrogen) atoms. The molecule has 5 heterocycles. The topological polar surface area (TPSA) is 133 Å². The van der Waals surface area contributed by atoms with E-state index in [1.165, 1.54) is 22.9 Å². The van der Waals surface area contributed by atoms with Gasteiger partial charge < -0.3 is 23.5 Å². The number of nitrogens with zero attached hydrogens (tertiary/aromatic N) is 5. The first-order chi connectivity index (χ1) is 18.0. The molecule has 12 nitrogen and oxygen atoms in total. The second-order valence-electron chi connectivity index (χ2n) is 9.35. The molecular weight excluding hydrogens is 540 g/mol. The van der Waals surface area contributed by atoms with Gasteiger partial charge in [-0.1, -0.05) is 0 Å². The first-order valence-electron chi connectivity index (χ1n) is 11.5. The van der Waals surface area contributed by atoms with Crippen LogP contribution in [0.2, 0.25) is 0 Å². The summed E-state index contributed by atoms with van der Waals surface area (Å²) >= 11 is 0. The molecule has 0 aliphatic carbocycles. The molecule has 1 N–H and O–H groups in total. The van der Waals surface area contributed by atoms with Gasteiger partial charge in [0.05, 0.1) is 55.5 Å². The summed E-state index contributed by atoms with van der Waals surface area (Å²) < 4.78 is 102. The van der Waals surface area contributed by atoms with E-state index >= 15 is 0 Å². The zero-order chi connectivity index (χ0) is 27.2. The van der Waals surface area contributed by atoms with Crippen LogP contribution in [0.5, 0.6) is 0 Å². The Morgan fingerprint density at radius 1 is 1.26 bits per heavy atom. The number of anilines is 1. The lowest BCUT2D eigenvalue weighted by molar-refractivity contribution is -0.157. The minimum absolute atomic E-state index is 0.0608. The van der Waals surface area contributed by atoms with Crippen LogP contribution < -0.4 is 9.62 Å². The van der Waals surface area contributed by atoms with Crippen molar-refractivity contribution in [2.45, 2.75) is 49.5 Å². The third-order valence-corrected chi connectivity index (χ3v) is 7.77. The number of hydrogen-bond acceptors (Lipinski definition) is 10. The van der Waals surface area contributed by atoms with Gasteiger partial charge in [-0.15, -0.1) is 10.2 Å². The van der Waals surface area contributed by atoms with Crippen LogP contribution >= 0.6 is 0 Å². The molecule has 3 aromatic heterocycles. The maximum Gasteiger partial charge on any atom is 0.345 e. The van der Waals surface area contributed by atoms with E-state index < -0.39 is 40.6 Å². The quantitative estimate of drug-likeness (QED) is 0.386. The lowest BCUT2D eigenvalue weighted by Crippen LogP contribution is -2.59. The van der Waals surface area contributed by atoms with Gasteiger partial charge in [-0.25, -0.2) is 18.1 Å². The number of hydrogen-bond donors (Lipinski definition) is 1. The largest absolute Gasteiger partial charge is 0.412 e. The maximum absolute atomic E-state index is 13.4. The fraction of sp³-hybridized carbons (Fsp3) is 0.571. The van der Waals surface area contributed by atoms with Crippen molar-refractivity contribution in [2.75, 3.05) is 37.9 Å². The lowest BCUT2D eigenvalue weighted by Gasteiger charge is -2.40. The van der Waals surface area contributed by atoms with Crippen molar-refractivity contribution in [3.63, 3.8) is 0 Å². The molecule has 2 atom stereocenters. The molecule has 0 radical (unpaired) electrons. The molecule has 0 saturated carbocycles. The average molecular weight is 565 g/mol. The van der Waals surface area contributed by atoms with Gasteiger partial charge >= 0.3 is 13.0 Å². The Morgan fingerprint density at radius 3 is 2.66 bits per heavy atom. The van der Waals surface area contributed by atoms with Crippen LogP contribution in [0.15, 0.2) is 27.8 Å². The number of morpholine rings is 1. The van der Waals surface area contributed by atoms with E-state index in [2.05, 4.69) is 24.6 Å². The molecule has 0 spiro atoms. The Morgan fingerprint density at radius 2 is 2.03 bits per heavy atom. The molecule has 17 heteroatoms. The van der Waals surface area contributed by atoms with Crippen LogP contribution in [-0.2, 0) is 24.2 Å². The van der Waals surface area contributed by atoms with Gasteiger partial charge in [-0.3, -0.25) is 4.40 Å². The number of nitrogens with one attached hydrogen (secondary N) is 1. The monoisotopic (exact) mass is 564 g/mol. The highest BCUT2D eigenvalue weighted by Crippen LogP contribution is 2.33. The molecule has 2 aliphatic rings. The number of aromatic nitrogens is 4. The van der Waals surface area contributed by atoms with E-state index in [4.69, 9.17) is 13.9 Å². The van der Waals surface area contributed by atoms with Crippen LogP contribution in [-0.4, -0.2) is 85.3 Å². The van der Waals surface area contributed by atoms with Gasteiger partial charge in [0.2, 0.25) is 15.8 Å². The lowest BCUT2D eigenvalue weighted by atomic mass is 10.0. The molecule has 3 aromatic rings. The van der Waals surface area contributed by atoms with Crippen molar-refractivity contribution in [3.05, 3.63) is 24.4 Å². The zero-order valence-electron chi connectivity index (χ0n) is 20.2. The summed E-state index contributed by atoms with van der Waals surface area (Å²) in [6.07, 6.45) is -1.07. The minimum atomic E-state index is -4.12. The number of alkyl halides is 4. The van der Waals surface area contributed by atoms with Gasteiger partial charge in [0, 0.05) is 18.8 Å². The highest BCUT2D eigenvalue weighted by Gasteiger charge is 2.39. The molecule has 0 aromatic carbocycles. The summed E-state index contributed by atoms with van der Waals surface area (Å²) in [5, 5.41) is 6.95. The van der Waals surface area contributed by atoms with E-state index in [1.807, 2.05) is 6.92 Å². The second-order valence-corrected chi connectivity index (χ2v) is 11.0. The first-order valence-corrected chi connectivity index (χ1v) is 13.0. The molecule has 0 unspecified atom stereocenters. The summed E-state index contributed by atoms with van der Waals surface area (Å²) in [5.74, 6) is -1.32. The van der Waals surface area contributed by atoms with E-state index in [1.54, 1.807) is 11.8 Å². The standard InChI is InChI=1S/C21H24F4N6O6S/c1-11-7-35-12(8-36-20(24)25)5-30(11)14-3-13(38(32,33)29-21(2)9-34-10-21)6-31-15(14)4-26-17(31)19-28-27-18(37-19)16(22)23/h3-4,6,11-12,16,20,29H,5,7-10H2,1-2H3/t11-,12+/m0/s1. The van der Waals surface area contributed by atoms with E-state index in [9.17, 15) is 26.0 Å². The summed E-state index contributed by atoms with van der Waals surface area (Å²) in [7, 11) is -4.12. The number of pyridine rings is 1. The number of sulfonamides is 1. The van der Waals surface area contributed by atoms with Crippen LogP contribution in [0.3, 0.4) is 0 Å². The van der Waals surface area contributed by atoms with E-state index in [-0.39, 0.29) is 55.6 Å². The van der Waals surface area contributed by atoms with Crippen LogP contribution in [0.25, 0.3) is 17.2 Å². The first kappa shape index (κ1) is 26.7. The predicted octanol–water partition coefficient (Wildman–Crippen LogP) is 2.22. The van der Waals surface area contributed by atoms with Gasteiger partial charge in [0.25, 0.3) is 11.8 Å². The normalized spacial score (nSPS) is 21.9. The molecule has 2 fully saturated rings. The average Bonchev–Trinajstić information content (AvgIpc) is 3.49. The van der Waals surface area contributed by atoms with Crippen molar-refractivity contribution in [2.24, 2.45) is 0 Å². The SMILES string of the molecule is C[C@H]1CO[C@@H](COC(F)F)CN1c1cc(S(=O)(=O)NC2(C)COC2)cn2c(-c3nnc(C(F)F)o3)ncc12. The van der Waals surface area contributed by atoms with Gasteiger partial charge in [0.1, 0.15) is 4.90 Å². The molecular formula is C21H24F4N6O6S. The van der Waals surface area contributed by atoms with Gasteiger partial charge in [0.15, 0.2) is 0 Å². The Bertz CT molecular complexity index is 1410. The number of imidazole rings is 1. The minimum Gasteiger partial charge on any atom is -0.412 e. The Hall–Kier alpha value is -2.86. The van der Waals surface area contributed by atoms with Crippen molar-refractivity contribution in [1.82, 2.24) is 24.3 Å². The summed E-state index contributed by atoms with van der Waals surface area (Å²) in [6.45, 7) is 0.774. The highest BCUT2D eigenvalue weighted by molar-refractivity contribution is 7.89. The molecule has 0 bridgehead atoms. The Kier molecular flexibility index (Phi) is 7.06. The molecule has 2 saturated heterocycles. The predicted molar refractivity (Wildman–Crippen MR) is 121 cm³/mol. The van der Waals surface area contributed by atoms with Crippen molar-refractivity contribution < 1.29 is 44.6 Å². The Labute approximate surface area is 213 Å². The van der Waals surface area contributed by atoms with Crippen LogP contribution in [0.1, 0.15) is 26.2 Å². The highest BCUT2D eigenvalue weighted by atomic mass is 32.2. The van der Waals surface area contributed by atoms with E-state index in [0.29, 0.717) is 11.2 Å². The van der Waals surface area contributed by atoms with Gasteiger partial charge in [-0.2, -0.15) is 17.6 Å². The number of halogens is 4. The summed E-state index contributed by atoms with van der Waals surface area (Å²) in [4.78, 5) is 5.85. The van der Waals surface area contributed by atoms with E-state index in [0.717, 1.165) is 0 Å². The second kappa shape index (κ2) is 10.0. The van der Waals surface area contributed by atoms with Crippen molar-refractivity contribution in [3.8, 4) is 11.7 Å². The fourth-order valence-electron chi connectivity index (χ4n) is 4.29. The molecule has 0 amide bonds. The van der Waals surface area contributed by atoms with Crippen molar-refractivity contribution >= 4 is 21.2 Å². The fourth-order valence-corrected chi connectivity index (χ4v) is 5.68. The number of fused-ring (bicyclic) bond motifs is 1. The van der Waals surface area contributed by atoms with Crippen LogP contribution in [0.4, 0.5) is 23.2 Å². The molecule has 5 rings (SSSR count). The van der Waals surface area contributed by atoms with Crippen molar-refractivity contribution in [1.29, 1.82) is 0 Å². The third-order valence-electron chi connectivity index (χ3n) is 6.17. The number of rotatable bonds is 9. The maximum atomic E-state index is 13.4. The number of ether oxygens (including phenoxy) is 3. The smallest absolute Gasteiger partial charge is 0.345 e. The summed E-state index contributed by atoms with van der Waals surface area (Å²) in [5.41, 5.74) is -0.0433.